The van der Waals surface area contributed by atoms with Crippen LogP contribution in [0.5, 0.6) is 0 Å². The fourth-order valence-electron chi connectivity index (χ4n) is 1.80. The Hall–Kier alpha value is -2.48. The number of amides is 1. The van der Waals surface area contributed by atoms with Gasteiger partial charge in [-0.25, -0.2) is 4.98 Å². The quantitative estimate of drug-likeness (QED) is 0.652. The Kier molecular flexibility index (Phi) is 4.49. The Balaban J connectivity index is 2.38. The maximum Gasteiger partial charge on any atom is 0.293 e. The number of nitrogens with one attached hydrogen (secondary N) is 2. The molecule has 0 saturated heterocycles. The van der Waals surface area contributed by atoms with Crippen LogP contribution in [0.3, 0.4) is 0 Å². The topological polar surface area (TPSA) is 97.2 Å². The van der Waals surface area contributed by atoms with E-state index >= 15 is 0 Å². The molecule has 2 rings (SSSR count). The normalized spacial score (nSPS) is 10.0. The Morgan fingerprint density at radius 1 is 1.33 bits per heavy atom. The van der Waals surface area contributed by atoms with Crippen LogP contribution in [0.25, 0.3) is 0 Å². The number of halogens is 1. The molecule has 8 heteroatoms. The van der Waals surface area contributed by atoms with E-state index in [0.717, 1.165) is 0 Å². The van der Waals surface area contributed by atoms with Gasteiger partial charge in [0.15, 0.2) is 0 Å². The van der Waals surface area contributed by atoms with Crippen LogP contribution in [0, 0.1) is 10.1 Å². The molecule has 0 aliphatic carbocycles. The van der Waals surface area contributed by atoms with Gasteiger partial charge in [0.1, 0.15) is 11.5 Å². The van der Waals surface area contributed by atoms with E-state index in [-0.39, 0.29) is 16.9 Å². The van der Waals surface area contributed by atoms with Gasteiger partial charge in [0.05, 0.1) is 15.0 Å². The molecule has 2 aromatic rings. The third kappa shape index (κ3) is 3.16. The maximum absolute atomic E-state index is 12.3. The number of benzene rings is 1. The van der Waals surface area contributed by atoms with Crippen molar-refractivity contribution in [3.63, 3.8) is 0 Å². The molecule has 0 spiro atoms. The van der Waals surface area contributed by atoms with Gasteiger partial charge in [-0.15, -0.1) is 0 Å². The molecular weight excluding hydrogens is 340 g/mol. The smallest absolute Gasteiger partial charge is 0.293 e. The minimum atomic E-state index is -0.542. The van der Waals surface area contributed by atoms with Crippen molar-refractivity contribution in [2.24, 2.45) is 0 Å². The van der Waals surface area contributed by atoms with Crippen molar-refractivity contribution in [1.82, 2.24) is 4.98 Å². The Morgan fingerprint density at radius 3 is 2.71 bits per heavy atom. The van der Waals surface area contributed by atoms with Crippen molar-refractivity contribution in [2.75, 3.05) is 17.7 Å². The molecule has 0 aliphatic rings. The number of pyridine rings is 1. The Labute approximate surface area is 128 Å². The summed E-state index contributed by atoms with van der Waals surface area (Å²) in [6.07, 6.45) is 1.53. The highest BCUT2D eigenvalue weighted by Crippen LogP contribution is 2.29. The molecule has 1 aromatic carbocycles. The molecule has 0 bridgehead atoms. The van der Waals surface area contributed by atoms with Crippen LogP contribution < -0.4 is 10.6 Å². The van der Waals surface area contributed by atoms with Gasteiger partial charge in [0.25, 0.3) is 11.6 Å². The van der Waals surface area contributed by atoms with Crippen molar-refractivity contribution in [1.29, 1.82) is 0 Å². The lowest BCUT2D eigenvalue weighted by Crippen LogP contribution is -2.16. The number of hydrogen-bond donors (Lipinski definition) is 2. The van der Waals surface area contributed by atoms with Gasteiger partial charge in [-0.05, 0) is 34.1 Å². The molecule has 21 heavy (non-hydrogen) atoms. The van der Waals surface area contributed by atoms with Crippen molar-refractivity contribution in [3.05, 3.63) is 56.7 Å². The number of carbonyl (C=O) groups excluding carboxylic acids is 1. The molecule has 7 nitrogen and oxygen atoms in total. The van der Waals surface area contributed by atoms with Gasteiger partial charge in [-0.3, -0.25) is 14.9 Å². The van der Waals surface area contributed by atoms with E-state index < -0.39 is 10.8 Å². The van der Waals surface area contributed by atoms with E-state index in [1.807, 2.05) is 0 Å². The Bertz CT molecular complexity index is 706. The first-order valence-corrected chi connectivity index (χ1v) is 6.71. The lowest BCUT2D eigenvalue weighted by Gasteiger charge is -2.10. The van der Waals surface area contributed by atoms with Gasteiger partial charge < -0.3 is 10.6 Å². The monoisotopic (exact) mass is 350 g/mol. The second-order valence-electron chi connectivity index (χ2n) is 3.99. The first kappa shape index (κ1) is 14.9. The van der Waals surface area contributed by atoms with E-state index in [2.05, 4.69) is 31.5 Å². The summed E-state index contributed by atoms with van der Waals surface area (Å²) >= 11 is 3.27. The molecule has 1 aromatic heterocycles. The lowest BCUT2D eigenvalue weighted by molar-refractivity contribution is -0.384. The van der Waals surface area contributed by atoms with Gasteiger partial charge in [-0.1, -0.05) is 6.07 Å². The zero-order valence-electron chi connectivity index (χ0n) is 11.0. The second kappa shape index (κ2) is 6.31. The summed E-state index contributed by atoms with van der Waals surface area (Å²) in [7, 11) is 1.52. The minimum absolute atomic E-state index is 0.159. The molecule has 0 unspecified atom stereocenters. The van der Waals surface area contributed by atoms with E-state index in [9.17, 15) is 14.9 Å². The first-order chi connectivity index (χ1) is 10.0. The standard InChI is InChI=1S/C13H11BrN4O3/c1-15-11-8(4-2-6-10(11)18(20)21)13(19)17-12-9(14)5-3-7-16-12/h2-7,15H,1H3,(H,16,17,19). The molecule has 0 radical (unpaired) electrons. The van der Waals surface area contributed by atoms with Crippen molar-refractivity contribution in [2.45, 2.75) is 0 Å². The molecule has 0 saturated carbocycles. The summed E-state index contributed by atoms with van der Waals surface area (Å²) in [4.78, 5) is 26.7. The molecule has 108 valence electrons. The van der Waals surface area contributed by atoms with Crippen LogP contribution in [0.4, 0.5) is 17.2 Å². The number of rotatable bonds is 4. The predicted octanol–water partition coefficient (Wildman–Crippen LogP) is 3.05. The molecular formula is C13H11BrN4O3. The summed E-state index contributed by atoms with van der Waals surface area (Å²) in [5.41, 5.74) is 0.168. The highest BCUT2D eigenvalue weighted by Gasteiger charge is 2.21. The van der Waals surface area contributed by atoms with E-state index in [4.69, 9.17) is 0 Å². The third-order valence-corrected chi connectivity index (χ3v) is 3.36. The number of anilines is 2. The molecule has 1 amide bonds. The second-order valence-corrected chi connectivity index (χ2v) is 4.85. The lowest BCUT2D eigenvalue weighted by atomic mass is 10.1. The summed E-state index contributed by atoms with van der Waals surface area (Å²) < 4.78 is 0.620. The molecule has 0 atom stereocenters. The van der Waals surface area contributed by atoms with Crippen LogP contribution in [-0.2, 0) is 0 Å². The summed E-state index contributed by atoms with van der Waals surface area (Å²) in [5, 5.41) is 16.3. The average molecular weight is 351 g/mol. The number of aromatic nitrogens is 1. The fraction of sp³-hybridized carbons (Fsp3) is 0.0769. The summed E-state index contributed by atoms with van der Waals surface area (Å²) in [6, 6.07) is 7.74. The van der Waals surface area contributed by atoms with E-state index in [1.54, 1.807) is 12.1 Å². The van der Waals surface area contributed by atoms with Crippen LogP contribution >= 0.6 is 15.9 Å². The maximum atomic E-state index is 12.3. The zero-order chi connectivity index (χ0) is 15.4. The van der Waals surface area contributed by atoms with Crippen molar-refractivity contribution < 1.29 is 9.72 Å². The highest BCUT2D eigenvalue weighted by molar-refractivity contribution is 9.10. The summed E-state index contributed by atoms with van der Waals surface area (Å²) in [5.74, 6) is -0.140. The predicted molar refractivity (Wildman–Crippen MR) is 82.5 cm³/mol. The van der Waals surface area contributed by atoms with Gasteiger partial charge in [0.2, 0.25) is 0 Å². The highest BCUT2D eigenvalue weighted by atomic mass is 79.9. The molecule has 0 fully saturated rings. The number of carbonyl (C=O) groups is 1. The SMILES string of the molecule is CNc1c(C(=O)Nc2ncccc2Br)cccc1[N+](=O)[O-]. The van der Waals surface area contributed by atoms with Gasteiger partial charge >= 0.3 is 0 Å². The average Bonchev–Trinajstić information content (AvgIpc) is 2.48. The van der Waals surface area contributed by atoms with Crippen LogP contribution in [-0.4, -0.2) is 22.9 Å². The molecule has 0 aliphatic heterocycles. The third-order valence-electron chi connectivity index (χ3n) is 2.72. The number of nitro groups is 1. The number of nitro benzene ring substituents is 1. The fourth-order valence-corrected chi connectivity index (χ4v) is 2.15. The molecule has 2 N–H and O–H groups in total. The zero-order valence-corrected chi connectivity index (χ0v) is 12.5. The Morgan fingerprint density at radius 2 is 2.10 bits per heavy atom. The summed E-state index contributed by atoms with van der Waals surface area (Å²) in [6.45, 7) is 0. The van der Waals surface area contributed by atoms with Crippen LogP contribution in [0.1, 0.15) is 10.4 Å². The van der Waals surface area contributed by atoms with Gasteiger partial charge in [0, 0.05) is 19.3 Å². The van der Waals surface area contributed by atoms with E-state index in [0.29, 0.717) is 10.3 Å². The molecule has 1 heterocycles. The number of hydrogen-bond acceptors (Lipinski definition) is 5. The first-order valence-electron chi connectivity index (χ1n) is 5.91. The number of nitrogens with zero attached hydrogens (tertiary/aromatic N) is 2. The van der Waals surface area contributed by atoms with Crippen molar-refractivity contribution >= 4 is 39.0 Å². The minimum Gasteiger partial charge on any atom is -0.382 e. The van der Waals surface area contributed by atoms with Crippen LogP contribution in [0.2, 0.25) is 0 Å². The van der Waals surface area contributed by atoms with E-state index in [1.165, 1.54) is 31.4 Å². The number of para-hydroxylation sites is 1. The van der Waals surface area contributed by atoms with Gasteiger partial charge in [-0.2, -0.15) is 0 Å². The van der Waals surface area contributed by atoms with Crippen molar-refractivity contribution in [3.8, 4) is 0 Å². The largest absolute Gasteiger partial charge is 0.382 e. The van der Waals surface area contributed by atoms with Crippen LogP contribution in [0.15, 0.2) is 41.0 Å².